The molecule has 9 nitrogen and oxygen atoms in total. The molecule has 1 saturated carbocycles. The zero-order chi connectivity index (χ0) is 20.1. The van der Waals surface area contributed by atoms with Crippen LogP contribution >= 0.6 is 11.8 Å². The number of aryl methyl sites for hydroxylation is 1. The normalized spacial score (nSPS) is 15.0. The Morgan fingerprint density at radius 3 is 2.68 bits per heavy atom. The second-order valence-corrected chi connectivity index (χ2v) is 10.1. The molecule has 0 radical (unpaired) electrons. The van der Waals surface area contributed by atoms with Gasteiger partial charge in [-0.1, -0.05) is 11.8 Å². The van der Waals surface area contributed by atoms with E-state index >= 15 is 0 Å². The number of nitrogens with two attached hydrogens (primary N) is 1. The lowest BCUT2D eigenvalue weighted by Gasteiger charge is -2.11. The van der Waals surface area contributed by atoms with Crippen LogP contribution in [0, 0.1) is 0 Å². The molecule has 2 heterocycles. The van der Waals surface area contributed by atoms with E-state index in [0.29, 0.717) is 22.3 Å². The van der Waals surface area contributed by atoms with Crippen molar-refractivity contribution >= 4 is 32.8 Å². The average Bonchev–Trinajstić information content (AvgIpc) is 3.34. The Labute approximate surface area is 168 Å². The number of fused-ring (bicyclic) bond motifs is 1. The van der Waals surface area contributed by atoms with E-state index < -0.39 is 10.0 Å². The third-order valence-electron chi connectivity index (χ3n) is 4.86. The van der Waals surface area contributed by atoms with Gasteiger partial charge >= 0.3 is 0 Å². The standard InChI is InChI=1S/C17H23N7O2S2/c1-4-23-14-8-7-12(28(25,26)22(2)3)9-13(14)19-15(23)10-27-17-21-20-16(24(17)18)11-5-6-11/h7-9,11H,4-6,10,18H2,1-3H3. The molecule has 2 aromatic heterocycles. The average molecular weight is 422 g/mol. The lowest BCUT2D eigenvalue weighted by Crippen LogP contribution is -2.22. The van der Waals surface area contributed by atoms with Crippen LogP contribution in [-0.4, -0.2) is 51.2 Å². The summed E-state index contributed by atoms with van der Waals surface area (Å²) in [5.41, 5.74) is 1.57. The number of thioether (sulfide) groups is 1. The van der Waals surface area contributed by atoms with E-state index in [1.165, 1.54) is 30.2 Å². The number of benzene rings is 1. The number of nitrogens with zero attached hydrogens (tertiary/aromatic N) is 6. The molecule has 1 fully saturated rings. The van der Waals surface area contributed by atoms with Crippen LogP contribution in [0.3, 0.4) is 0 Å². The van der Waals surface area contributed by atoms with Crippen LogP contribution in [0.2, 0.25) is 0 Å². The Bertz CT molecular complexity index is 1130. The molecule has 0 aliphatic heterocycles. The Morgan fingerprint density at radius 2 is 2.04 bits per heavy atom. The Kier molecular flexibility index (Phi) is 4.84. The maximum atomic E-state index is 12.4. The van der Waals surface area contributed by atoms with E-state index in [-0.39, 0.29) is 4.90 Å². The zero-order valence-electron chi connectivity index (χ0n) is 16.0. The minimum Gasteiger partial charge on any atom is -0.336 e. The van der Waals surface area contributed by atoms with Crippen molar-refractivity contribution in [2.45, 2.75) is 48.0 Å². The quantitative estimate of drug-likeness (QED) is 0.457. The van der Waals surface area contributed by atoms with Gasteiger partial charge in [0.25, 0.3) is 0 Å². The highest BCUT2D eigenvalue weighted by Crippen LogP contribution is 2.39. The number of imidazole rings is 1. The smallest absolute Gasteiger partial charge is 0.242 e. The van der Waals surface area contributed by atoms with Crippen molar-refractivity contribution in [2.24, 2.45) is 0 Å². The maximum Gasteiger partial charge on any atom is 0.242 e. The lowest BCUT2D eigenvalue weighted by atomic mass is 10.3. The number of sulfonamides is 1. The molecular formula is C17H23N7O2S2. The van der Waals surface area contributed by atoms with Crippen LogP contribution in [0.25, 0.3) is 11.0 Å². The van der Waals surface area contributed by atoms with Crippen LogP contribution in [-0.2, 0) is 22.3 Å². The van der Waals surface area contributed by atoms with Gasteiger partial charge in [-0.3, -0.25) is 0 Å². The minimum absolute atomic E-state index is 0.237. The second kappa shape index (κ2) is 7.05. The number of nitrogen functional groups attached to an aromatic ring is 1. The maximum absolute atomic E-state index is 12.4. The molecule has 11 heteroatoms. The van der Waals surface area contributed by atoms with Crippen molar-refractivity contribution in [1.29, 1.82) is 0 Å². The lowest BCUT2D eigenvalue weighted by molar-refractivity contribution is 0.521. The topological polar surface area (TPSA) is 112 Å². The van der Waals surface area contributed by atoms with E-state index in [2.05, 4.69) is 19.7 Å². The summed E-state index contributed by atoms with van der Waals surface area (Å²) >= 11 is 1.48. The van der Waals surface area contributed by atoms with Gasteiger partial charge in [0, 0.05) is 26.6 Å². The van der Waals surface area contributed by atoms with Gasteiger partial charge in [-0.2, -0.15) is 0 Å². The summed E-state index contributed by atoms with van der Waals surface area (Å²) in [6.45, 7) is 2.77. The van der Waals surface area contributed by atoms with E-state index in [1.54, 1.807) is 16.8 Å². The van der Waals surface area contributed by atoms with Crippen molar-refractivity contribution in [3.63, 3.8) is 0 Å². The van der Waals surface area contributed by atoms with Crippen LogP contribution in [0.5, 0.6) is 0 Å². The van der Waals surface area contributed by atoms with Crippen molar-refractivity contribution in [3.05, 3.63) is 29.8 Å². The highest BCUT2D eigenvalue weighted by atomic mass is 32.2. The molecule has 0 amide bonds. The van der Waals surface area contributed by atoms with Crippen molar-refractivity contribution in [2.75, 3.05) is 19.9 Å². The van der Waals surface area contributed by atoms with Crippen LogP contribution < -0.4 is 5.84 Å². The molecule has 150 valence electrons. The van der Waals surface area contributed by atoms with Gasteiger partial charge in [-0.05, 0) is 38.0 Å². The van der Waals surface area contributed by atoms with Gasteiger partial charge < -0.3 is 10.4 Å². The van der Waals surface area contributed by atoms with Gasteiger partial charge in [-0.15, -0.1) is 10.2 Å². The molecule has 3 aromatic rings. The monoisotopic (exact) mass is 421 g/mol. The van der Waals surface area contributed by atoms with Crippen LogP contribution in [0.4, 0.5) is 0 Å². The Hall–Kier alpha value is -2.11. The van der Waals surface area contributed by atoms with E-state index in [9.17, 15) is 8.42 Å². The fourth-order valence-corrected chi connectivity index (χ4v) is 4.86. The molecule has 28 heavy (non-hydrogen) atoms. The number of hydrogen-bond donors (Lipinski definition) is 1. The summed E-state index contributed by atoms with van der Waals surface area (Å²) in [7, 11) is -0.460. The molecule has 1 aliphatic carbocycles. The van der Waals surface area contributed by atoms with Crippen LogP contribution in [0.1, 0.15) is 37.3 Å². The summed E-state index contributed by atoms with van der Waals surface area (Å²) in [5.74, 6) is 8.81. The zero-order valence-corrected chi connectivity index (χ0v) is 17.7. The minimum atomic E-state index is -3.50. The van der Waals surface area contributed by atoms with E-state index in [4.69, 9.17) is 5.84 Å². The molecule has 0 bridgehead atoms. The summed E-state index contributed by atoms with van der Waals surface area (Å²) < 4.78 is 29.7. The molecule has 1 aliphatic rings. The van der Waals surface area contributed by atoms with Crippen molar-refractivity contribution in [3.8, 4) is 0 Å². The third kappa shape index (κ3) is 3.27. The number of aromatic nitrogens is 5. The first-order valence-electron chi connectivity index (χ1n) is 9.07. The summed E-state index contributed by atoms with van der Waals surface area (Å²) in [6, 6.07) is 5.06. The van der Waals surface area contributed by atoms with E-state index in [1.807, 2.05) is 13.0 Å². The van der Waals surface area contributed by atoms with Crippen molar-refractivity contribution < 1.29 is 8.42 Å². The van der Waals surface area contributed by atoms with Gasteiger partial charge in [0.2, 0.25) is 15.2 Å². The van der Waals surface area contributed by atoms with Crippen LogP contribution in [0.15, 0.2) is 28.3 Å². The molecule has 0 unspecified atom stereocenters. The third-order valence-corrected chi connectivity index (χ3v) is 7.61. The highest BCUT2D eigenvalue weighted by Gasteiger charge is 2.30. The summed E-state index contributed by atoms with van der Waals surface area (Å²) in [5, 5.41) is 9.06. The van der Waals surface area contributed by atoms with Gasteiger partial charge in [-0.25, -0.2) is 22.4 Å². The SMILES string of the molecule is CCn1c(CSc2nnc(C3CC3)n2N)nc2cc(S(=O)(=O)N(C)C)ccc21. The first-order valence-corrected chi connectivity index (χ1v) is 11.5. The first kappa shape index (κ1) is 19.2. The second-order valence-electron chi connectivity index (χ2n) is 6.98. The Balaban J connectivity index is 1.63. The predicted octanol–water partition coefficient (Wildman–Crippen LogP) is 1.78. The summed E-state index contributed by atoms with van der Waals surface area (Å²) in [4.78, 5) is 4.91. The molecule has 2 N–H and O–H groups in total. The molecule has 0 spiro atoms. The summed E-state index contributed by atoms with van der Waals surface area (Å²) in [6.07, 6.45) is 2.23. The number of hydrogen-bond acceptors (Lipinski definition) is 7. The van der Waals surface area contributed by atoms with Crippen molar-refractivity contribution in [1.82, 2.24) is 28.7 Å². The van der Waals surface area contributed by atoms with Gasteiger partial charge in [0.15, 0.2) is 5.82 Å². The van der Waals surface area contributed by atoms with E-state index in [0.717, 1.165) is 36.6 Å². The molecule has 1 aromatic carbocycles. The van der Waals surface area contributed by atoms with Gasteiger partial charge in [0.1, 0.15) is 5.82 Å². The molecule has 4 rings (SSSR count). The molecule has 0 saturated heterocycles. The highest BCUT2D eigenvalue weighted by molar-refractivity contribution is 7.98. The number of rotatable bonds is 7. The fraction of sp³-hybridized carbons (Fsp3) is 0.471. The van der Waals surface area contributed by atoms with Gasteiger partial charge in [0.05, 0.1) is 21.7 Å². The Morgan fingerprint density at radius 1 is 1.29 bits per heavy atom. The first-order chi connectivity index (χ1) is 13.3. The molecular weight excluding hydrogens is 398 g/mol. The molecule has 0 atom stereocenters. The predicted molar refractivity (Wildman–Crippen MR) is 108 cm³/mol. The largest absolute Gasteiger partial charge is 0.336 e. The fourth-order valence-electron chi connectivity index (χ4n) is 3.13.